The fraction of sp³-hybridized carbons (Fsp3) is 0.350. The molecule has 3 rings (SSSR count). The van der Waals surface area contributed by atoms with Crippen LogP contribution >= 0.6 is 11.3 Å². The lowest BCUT2D eigenvalue weighted by Crippen LogP contribution is -2.26. The van der Waals surface area contributed by atoms with Crippen LogP contribution in [0.1, 0.15) is 35.9 Å². The Kier molecular flexibility index (Phi) is 5.52. The molecule has 0 fully saturated rings. The number of hydrogen-bond acceptors (Lipinski definition) is 4. The van der Waals surface area contributed by atoms with Crippen LogP contribution < -0.4 is 5.32 Å². The van der Waals surface area contributed by atoms with E-state index in [4.69, 9.17) is 4.98 Å². The van der Waals surface area contributed by atoms with Crippen LogP contribution in [0.15, 0.2) is 29.6 Å². The summed E-state index contributed by atoms with van der Waals surface area (Å²) in [6.07, 6.45) is 1.29. The number of hydrogen-bond donors (Lipinski definition) is 1. The van der Waals surface area contributed by atoms with Crippen molar-refractivity contribution in [2.45, 2.75) is 40.5 Å². The van der Waals surface area contributed by atoms with E-state index in [1.54, 1.807) is 11.3 Å². The molecular formula is C20H24N4OS. The second kappa shape index (κ2) is 7.83. The van der Waals surface area contributed by atoms with Crippen molar-refractivity contribution in [2.75, 3.05) is 6.54 Å². The van der Waals surface area contributed by atoms with Crippen LogP contribution in [0, 0.1) is 20.8 Å². The molecule has 2 aromatic heterocycles. The van der Waals surface area contributed by atoms with Gasteiger partial charge in [0, 0.05) is 28.7 Å². The average Bonchev–Trinajstić information content (AvgIpc) is 3.21. The normalized spacial score (nSPS) is 10.9. The van der Waals surface area contributed by atoms with Crippen LogP contribution in [0.4, 0.5) is 0 Å². The van der Waals surface area contributed by atoms with Gasteiger partial charge in [-0.3, -0.25) is 4.79 Å². The molecule has 0 saturated heterocycles. The molecule has 0 bridgehead atoms. The van der Waals surface area contributed by atoms with Gasteiger partial charge in [0.25, 0.3) is 0 Å². The number of carbonyl (C=O) groups excluding carboxylic acids is 1. The number of aromatic nitrogens is 3. The first-order chi connectivity index (χ1) is 12.5. The smallest absolute Gasteiger partial charge is 0.224 e. The lowest BCUT2D eigenvalue weighted by molar-refractivity contribution is -0.120. The van der Waals surface area contributed by atoms with E-state index in [1.807, 2.05) is 30.8 Å². The number of aryl methyl sites for hydroxylation is 2. The molecule has 3 aromatic rings. The highest BCUT2D eigenvalue weighted by Gasteiger charge is 2.17. The highest BCUT2D eigenvalue weighted by Crippen LogP contribution is 2.26. The molecule has 2 heterocycles. The van der Waals surface area contributed by atoms with Crippen molar-refractivity contribution in [2.24, 2.45) is 0 Å². The van der Waals surface area contributed by atoms with E-state index in [9.17, 15) is 4.79 Å². The third kappa shape index (κ3) is 3.85. The van der Waals surface area contributed by atoms with Gasteiger partial charge in [0.15, 0.2) is 0 Å². The molecular weight excluding hydrogens is 344 g/mol. The van der Waals surface area contributed by atoms with E-state index in [1.165, 1.54) is 5.56 Å². The summed E-state index contributed by atoms with van der Waals surface area (Å²) in [6, 6.07) is 8.34. The second-order valence-electron chi connectivity index (χ2n) is 6.47. The van der Waals surface area contributed by atoms with Crippen LogP contribution in [-0.4, -0.2) is 27.2 Å². The molecule has 5 nitrogen and oxygen atoms in total. The Morgan fingerprint density at radius 1 is 1.19 bits per heavy atom. The monoisotopic (exact) mass is 368 g/mol. The van der Waals surface area contributed by atoms with Gasteiger partial charge in [-0.1, -0.05) is 36.8 Å². The molecule has 0 atom stereocenters. The lowest BCUT2D eigenvalue weighted by atomic mass is 10.1. The molecule has 0 saturated carbocycles. The maximum Gasteiger partial charge on any atom is 0.224 e. The maximum atomic E-state index is 12.1. The van der Waals surface area contributed by atoms with Gasteiger partial charge in [-0.15, -0.1) is 11.3 Å². The van der Waals surface area contributed by atoms with E-state index in [0.29, 0.717) is 13.0 Å². The minimum Gasteiger partial charge on any atom is -0.356 e. The Morgan fingerprint density at radius 3 is 2.62 bits per heavy atom. The molecule has 1 amide bonds. The summed E-state index contributed by atoms with van der Waals surface area (Å²) in [6.45, 7) is 8.76. The van der Waals surface area contributed by atoms with Crippen LogP contribution in [0.2, 0.25) is 0 Å². The summed E-state index contributed by atoms with van der Waals surface area (Å²) >= 11 is 1.56. The third-order valence-electron chi connectivity index (χ3n) is 4.37. The Morgan fingerprint density at radius 2 is 1.92 bits per heavy atom. The zero-order valence-corrected chi connectivity index (χ0v) is 16.5. The van der Waals surface area contributed by atoms with E-state index in [-0.39, 0.29) is 5.91 Å². The van der Waals surface area contributed by atoms with Crippen LogP contribution in [-0.2, 0) is 11.2 Å². The predicted molar refractivity (Wildman–Crippen MR) is 106 cm³/mol. The fourth-order valence-corrected chi connectivity index (χ4v) is 3.66. The number of amides is 1. The molecule has 1 aromatic carbocycles. The van der Waals surface area contributed by atoms with Crippen molar-refractivity contribution >= 4 is 17.2 Å². The molecule has 0 aliphatic rings. The largest absolute Gasteiger partial charge is 0.356 e. The Hall–Kier alpha value is -2.47. The topological polar surface area (TPSA) is 59.8 Å². The first kappa shape index (κ1) is 18.3. The Bertz CT molecular complexity index is 909. The van der Waals surface area contributed by atoms with Gasteiger partial charge >= 0.3 is 0 Å². The molecule has 0 aliphatic heterocycles. The number of nitrogens with zero attached hydrogens (tertiary/aromatic N) is 3. The summed E-state index contributed by atoms with van der Waals surface area (Å²) in [5.41, 5.74) is 6.10. The minimum atomic E-state index is 0.0390. The van der Waals surface area contributed by atoms with E-state index < -0.39 is 0 Å². The fourth-order valence-electron chi connectivity index (χ4n) is 2.82. The molecule has 1 N–H and O–H groups in total. The predicted octanol–water partition coefficient (Wildman–Crippen LogP) is 3.99. The molecule has 0 spiro atoms. The number of nitrogens with one attached hydrogen (secondary N) is 1. The van der Waals surface area contributed by atoms with Gasteiger partial charge in [0.05, 0.1) is 17.8 Å². The summed E-state index contributed by atoms with van der Waals surface area (Å²) in [5.74, 6) is 0.0390. The SMILES string of the molecule is CCCNC(=O)Cc1c(C)nn(-c2nc(-c3ccc(C)cc3)cs2)c1C. The van der Waals surface area contributed by atoms with E-state index in [2.05, 4.69) is 41.6 Å². The molecule has 26 heavy (non-hydrogen) atoms. The van der Waals surface area contributed by atoms with Crippen molar-refractivity contribution < 1.29 is 4.79 Å². The Labute approximate surface area is 158 Å². The molecule has 0 unspecified atom stereocenters. The van der Waals surface area contributed by atoms with Gasteiger partial charge < -0.3 is 5.32 Å². The van der Waals surface area contributed by atoms with Crippen molar-refractivity contribution in [3.05, 3.63) is 52.2 Å². The van der Waals surface area contributed by atoms with Gasteiger partial charge in [-0.25, -0.2) is 9.67 Å². The zero-order chi connectivity index (χ0) is 18.7. The summed E-state index contributed by atoms with van der Waals surface area (Å²) < 4.78 is 1.85. The van der Waals surface area contributed by atoms with E-state index >= 15 is 0 Å². The number of rotatable bonds is 6. The van der Waals surface area contributed by atoms with Crippen molar-refractivity contribution in [1.82, 2.24) is 20.1 Å². The van der Waals surface area contributed by atoms with Gasteiger partial charge in [-0.2, -0.15) is 5.10 Å². The van der Waals surface area contributed by atoms with Crippen molar-refractivity contribution in [1.29, 1.82) is 0 Å². The van der Waals surface area contributed by atoms with Gasteiger partial charge in [0.1, 0.15) is 0 Å². The first-order valence-electron chi connectivity index (χ1n) is 8.84. The number of thiazole rings is 1. The van der Waals surface area contributed by atoms with Crippen molar-refractivity contribution in [3.8, 4) is 16.4 Å². The summed E-state index contributed by atoms with van der Waals surface area (Å²) in [5, 5.41) is 10.4. The van der Waals surface area contributed by atoms with Crippen LogP contribution in [0.25, 0.3) is 16.4 Å². The third-order valence-corrected chi connectivity index (χ3v) is 5.19. The Balaban J connectivity index is 1.85. The minimum absolute atomic E-state index is 0.0390. The molecule has 6 heteroatoms. The lowest BCUT2D eigenvalue weighted by Gasteiger charge is -2.04. The highest BCUT2D eigenvalue weighted by atomic mass is 32.1. The van der Waals surface area contributed by atoms with Crippen LogP contribution in [0.3, 0.4) is 0 Å². The van der Waals surface area contributed by atoms with Crippen LogP contribution in [0.5, 0.6) is 0 Å². The number of benzene rings is 1. The molecule has 0 radical (unpaired) electrons. The van der Waals surface area contributed by atoms with E-state index in [0.717, 1.165) is 39.8 Å². The molecule has 0 aliphatic carbocycles. The summed E-state index contributed by atoms with van der Waals surface area (Å²) in [7, 11) is 0. The van der Waals surface area contributed by atoms with Crippen molar-refractivity contribution in [3.63, 3.8) is 0 Å². The first-order valence-corrected chi connectivity index (χ1v) is 9.72. The zero-order valence-electron chi connectivity index (χ0n) is 15.7. The van der Waals surface area contributed by atoms with Gasteiger partial charge in [-0.05, 0) is 27.2 Å². The maximum absolute atomic E-state index is 12.1. The quantitative estimate of drug-likeness (QED) is 0.716. The standard InChI is InChI=1S/C20H24N4OS/c1-5-10-21-19(25)11-17-14(3)23-24(15(17)4)20-22-18(12-26-20)16-8-6-13(2)7-9-16/h6-9,12H,5,10-11H2,1-4H3,(H,21,25). The molecule has 136 valence electrons. The number of carbonyl (C=O) groups is 1. The average molecular weight is 369 g/mol. The van der Waals surface area contributed by atoms with Gasteiger partial charge in [0.2, 0.25) is 11.0 Å². The second-order valence-corrected chi connectivity index (χ2v) is 7.31. The highest BCUT2D eigenvalue weighted by molar-refractivity contribution is 7.12. The summed E-state index contributed by atoms with van der Waals surface area (Å²) in [4.78, 5) is 16.8.